The van der Waals surface area contributed by atoms with Crippen molar-refractivity contribution in [1.82, 2.24) is 4.31 Å². The Morgan fingerprint density at radius 2 is 1.89 bits per heavy atom. The summed E-state index contributed by atoms with van der Waals surface area (Å²) in [5.41, 5.74) is 1.16. The van der Waals surface area contributed by atoms with Crippen molar-refractivity contribution in [3.63, 3.8) is 0 Å². The molecule has 0 saturated carbocycles. The van der Waals surface area contributed by atoms with E-state index in [2.05, 4.69) is 21.2 Å². The first-order chi connectivity index (χ1) is 12.8. The number of rotatable bonds is 4. The van der Waals surface area contributed by atoms with Crippen molar-refractivity contribution < 1.29 is 22.3 Å². The smallest absolute Gasteiger partial charge is 0.256 e. The fraction of sp³-hybridized carbons (Fsp3) is 0.278. The maximum atomic E-state index is 13.5. The summed E-state index contributed by atoms with van der Waals surface area (Å²) < 4.78 is 46.1. The van der Waals surface area contributed by atoms with E-state index in [1.807, 2.05) is 0 Å². The number of nitrogens with zero attached hydrogens (tertiary/aromatic N) is 1. The number of aryl methyl sites for hydroxylation is 1. The van der Waals surface area contributed by atoms with Crippen molar-refractivity contribution in [3.05, 3.63) is 57.8 Å². The summed E-state index contributed by atoms with van der Waals surface area (Å²) in [7, 11) is -3.68. The van der Waals surface area contributed by atoms with Crippen LogP contribution in [0.5, 0.6) is 0 Å². The highest BCUT2D eigenvalue weighted by Gasteiger charge is 2.27. The number of benzene rings is 2. The molecule has 0 unspecified atom stereocenters. The van der Waals surface area contributed by atoms with Gasteiger partial charge in [0.15, 0.2) is 0 Å². The van der Waals surface area contributed by atoms with Crippen LogP contribution < -0.4 is 5.32 Å². The molecule has 0 spiro atoms. The van der Waals surface area contributed by atoms with Crippen LogP contribution in [-0.4, -0.2) is 44.9 Å². The molecule has 9 heteroatoms. The number of halogens is 2. The van der Waals surface area contributed by atoms with Gasteiger partial charge in [-0.3, -0.25) is 4.79 Å². The second kappa shape index (κ2) is 8.05. The SMILES string of the molecule is Cc1ccc(S(=O)(=O)N2CCOCC2)cc1NC(=O)c1cc(F)ccc1Br. The number of anilines is 1. The summed E-state index contributed by atoms with van der Waals surface area (Å²) in [6, 6.07) is 8.35. The van der Waals surface area contributed by atoms with Crippen LogP contribution in [0, 0.1) is 12.7 Å². The molecule has 2 aromatic carbocycles. The van der Waals surface area contributed by atoms with Crippen LogP contribution in [0.15, 0.2) is 45.8 Å². The van der Waals surface area contributed by atoms with Crippen molar-refractivity contribution in [3.8, 4) is 0 Å². The molecule has 2 aromatic rings. The lowest BCUT2D eigenvalue weighted by molar-refractivity contribution is 0.0730. The molecule has 0 aliphatic carbocycles. The van der Waals surface area contributed by atoms with Crippen molar-refractivity contribution in [2.75, 3.05) is 31.6 Å². The lowest BCUT2D eigenvalue weighted by atomic mass is 10.1. The standard InChI is InChI=1S/C18H18BrFN2O4S/c1-12-2-4-14(27(24,25)22-6-8-26-9-7-22)11-17(12)21-18(23)15-10-13(20)3-5-16(15)19/h2-5,10-11H,6-9H2,1H3,(H,21,23). The van der Waals surface area contributed by atoms with Crippen molar-refractivity contribution in [2.24, 2.45) is 0 Å². The van der Waals surface area contributed by atoms with E-state index in [0.29, 0.717) is 28.9 Å². The highest BCUT2D eigenvalue weighted by molar-refractivity contribution is 9.10. The van der Waals surface area contributed by atoms with E-state index in [0.717, 1.165) is 6.07 Å². The van der Waals surface area contributed by atoms with E-state index in [4.69, 9.17) is 4.74 Å². The zero-order valence-electron chi connectivity index (χ0n) is 14.5. The number of amides is 1. The van der Waals surface area contributed by atoms with Gasteiger partial charge in [-0.15, -0.1) is 0 Å². The quantitative estimate of drug-likeness (QED) is 0.766. The van der Waals surface area contributed by atoms with Gasteiger partial charge in [-0.25, -0.2) is 12.8 Å². The van der Waals surface area contributed by atoms with Crippen LogP contribution in [-0.2, 0) is 14.8 Å². The Balaban J connectivity index is 1.89. The molecule has 0 atom stereocenters. The Bertz CT molecular complexity index is 975. The number of morpholine rings is 1. The molecule has 144 valence electrons. The molecule has 1 aliphatic rings. The second-order valence-corrected chi connectivity index (χ2v) is 8.86. The molecule has 6 nitrogen and oxygen atoms in total. The molecular formula is C18H18BrFN2O4S. The minimum absolute atomic E-state index is 0.0867. The maximum absolute atomic E-state index is 13.5. The van der Waals surface area contributed by atoms with E-state index < -0.39 is 21.7 Å². The summed E-state index contributed by atoms with van der Waals surface area (Å²) in [6.45, 7) is 3.02. The molecule has 0 radical (unpaired) electrons. The lowest BCUT2D eigenvalue weighted by Gasteiger charge is -2.26. The molecule has 1 fully saturated rings. The molecule has 0 aromatic heterocycles. The average molecular weight is 457 g/mol. The fourth-order valence-corrected chi connectivity index (χ4v) is 4.55. The summed E-state index contributed by atoms with van der Waals surface area (Å²) in [5.74, 6) is -1.07. The Hall–Kier alpha value is -1.81. The number of sulfonamides is 1. The summed E-state index contributed by atoms with van der Waals surface area (Å²) in [6.07, 6.45) is 0. The van der Waals surface area contributed by atoms with E-state index in [-0.39, 0.29) is 23.5 Å². The minimum Gasteiger partial charge on any atom is -0.379 e. The van der Waals surface area contributed by atoms with Crippen molar-refractivity contribution in [2.45, 2.75) is 11.8 Å². The van der Waals surface area contributed by atoms with Crippen molar-refractivity contribution in [1.29, 1.82) is 0 Å². The Kier molecular flexibility index (Phi) is 5.95. The average Bonchev–Trinajstić information content (AvgIpc) is 2.66. The number of hydrogen-bond acceptors (Lipinski definition) is 4. The molecule has 0 bridgehead atoms. The van der Waals surface area contributed by atoms with E-state index in [1.54, 1.807) is 13.0 Å². The molecule has 1 saturated heterocycles. The first kappa shape index (κ1) is 19.9. The van der Waals surface area contributed by atoms with Gasteiger partial charge < -0.3 is 10.1 Å². The highest BCUT2D eigenvalue weighted by Crippen LogP contribution is 2.25. The van der Waals surface area contributed by atoms with E-state index >= 15 is 0 Å². The fourth-order valence-electron chi connectivity index (χ4n) is 2.69. The monoisotopic (exact) mass is 456 g/mol. The number of hydrogen-bond donors (Lipinski definition) is 1. The van der Waals surface area contributed by atoms with Gasteiger partial charge in [0.25, 0.3) is 5.91 Å². The molecule has 1 amide bonds. The molecule has 1 aliphatic heterocycles. The zero-order chi connectivity index (χ0) is 19.6. The van der Waals surface area contributed by atoms with E-state index in [9.17, 15) is 17.6 Å². The van der Waals surface area contributed by atoms with Crippen molar-refractivity contribution >= 4 is 37.5 Å². The van der Waals surface area contributed by atoms with Gasteiger partial charge in [0.1, 0.15) is 5.82 Å². The van der Waals surface area contributed by atoms with Crippen LogP contribution in [0.4, 0.5) is 10.1 Å². The predicted octanol–water partition coefficient (Wildman–Crippen LogP) is 3.17. The third-order valence-electron chi connectivity index (χ3n) is 4.24. The lowest BCUT2D eigenvalue weighted by Crippen LogP contribution is -2.40. The predicted molar refractivity (Wildman–Crippen MR) is 103 cm³/mol. The summed E-state index contributed by atoms with van der Waals surface area (Å²) in [5, 5.41) is 2.67. The van der Waals surface area contributed by atoms with Gasteiger partial charge in [0, 0.05) is 23.2 Å². The van der Waals surface area contributed by atoms with Gasteiger partial charge in [-0.2, -0.15) is 4.31 Å². The molecular weight excluding hydrogens is 439 g/mol. The van der Waals surface area contributed by atoms with Crippen LogP contribution in [0.3, 0.4) is 0 Å². The van der Waals surface area contributed by atoms with Gasteiger partial charge in [0.2, 0.25) is 10.0 Å². The summed E-state index contributed by atoms with van der Waals surface area (Å²) >= 11 is 3.22. The Morgan fingerprint density at radius 3 is 2.59 bits per heavy atom. The maximum Gasteiger partial charge on any atom is 0.256 e. The molecule has 1 N–H and O–H groups in total. The zero-order valence-corrected chi connectivity index (χ0v) is 16.9. The molecule has 27 heavy (non-hydrogen) atoms. The van der Waals surface area contributed by atoms with Crippen LogP contribution in [0.2, 0.25) is 0 Å². The topological polar surface area (TPSA) is 75.7 Å². The third kappa shape index (κ3) is 4.37. The van der Waals surface area contributed by atoms with Gasteiger partial charge >= 0.3 is 0 Å². The number of ether oxygens (including phenoxy) is 1. The van der Waals surface area contributed by atoms with Gasteiger partial charge in [-0.1, -0.05) is 6.07 Å². The molecule has 1 heterocycles. The Morgan fingerprint density at radius 1 is 1.19 bits per heavy atom. The normalized spacial score (nSPS) is 15.5. The number of carbonyl (C=O) groups excluding carboxylic acids is 1. The third-order valence-corrected chi connectivity index (χ3v) is 6.82. The van der Waals surface area contributed by atoms with Crippen LogP contribution in [0.1, 0.15) is 15.9 Å². The number of nitrogens with one attached hydrogen (secondary N) is 1. The second-order valence-electron chi connectivity index (χ2n) is 6.07. The first-order valence-corrected chi connectivity index (χ1v) is 10.5. The molecule has 3 rings (SSSR count). The van der Waals surface area contributed by atoms with Gasteiger partial charge in [0.05, 0.1) is 23.7 Å². The van der Waals surface area contributed by atoms with Crippen LogP contribution in [0.25, 0.3) is 0 Å². The number of carbonyl (C=O) groups is 1. The van der Waals surface area contributed by atoms with Gasteiger partial charge in [-0.05, 0) is 58.7 Å². The first-order valence-electron chi connectivity index (χ1n) is 8.24. The van der Waals surface area contributed by atoms with E-state index in [1.165, 1.54) is 28.6 Å². The minimum atomic E-state index is -3.68. The highest BCUT2D eigenvalue weighted by atomic mass is 79.9. The largest absolute Gasteiger partial charge is 0.379 e. The summed E-state index contributed by atoms with van der Waals surface area (Å²) in [4.78, 5) is 12.6. The van der Waals surface area contributed by atoms with Crippen LogP contribution >= 0.6 is 15.9 Å². The Labute approximate surface area is 165 Å².